The summed E-state index contributed by atoms with van der Waals surface area (Å²) in [4.78, 5) is 0. The van der Waals surface area contributed by atoms with Gasteiger partial charge in [0.1, 0.15) is 0 Å². The first kappa shape index (κ1) is 7.40. The molecule has 1 heteroatoms. The van der Waals surface area contributed by atoms with Crippen LogP contribution in [0, 0.1) is 11.8 Å². The van der Waals surface area contributed by atoms with Gasteiger partial charge >= 0.3 is 0 Å². The fraction of sp³-hybridized carbons (Fsp3) is 1.00. The summed E-state index contributed by atoms with van der Waals surface area (Å²) in [5, 5.41) is 0.459. The standard InChI is InChI=1S/C8H15Cl/c1-3-8(9)7-4-6(2)5-7/h6-8H,3-5H2,1-2H3. The minimum atomic E-state index is 0.459. The van der Waals surface area contributed by atoms with E-state index in [2.05, 4.69) is 13.8 Å². The van der Waals surface area contributed by atoms with Gasteiger partial charge in [-0.05, 0) is 31.1 Å². The minimum absolute atomic E-state index is 0.459. The molecule has 9 heavy (non-hydrogen) atoms. The molecule has 0 aromatic heterocycles. The van der Waals surface area contributed by atoms with Crippen molar-refractivity contribution >= 4 is 11.6 Å². The molecule has 0 radical (unpaired) electrons. The van der Waals surface area contributed by atoms with Crippen LogP contribution in [0.2, 0.25) is 0 Å². The molecule has 1 fully saturated rings. The van der Waals surface area contributed by atoms with E-state index >= 15 is 0 Å². The molecule has 0 aromatic carbocycles. The summed E-state index contributed by atoms with van der Waals surface area (Å²) in [6.45, 7) is 4.47. The van der Waals surface area contributed by atoms with Crippen LogP contribution in [0.25, 0.3) is 0 Å². The Bertz CT molecular complexity index is 84.6. The van der Waals surface area contributed by atoms with E-state index in [-0.39, 0.29) is 0 Å². The zero-order valence-electron chi connectivity index (χ0n) is 6.23. The van der Waals surface area contributed by atoms with Gasteiger partial charge in [-0.1, -0.05) is 13.8 Å². The van der Waals surface area contributed by atoms with E-state index in [0.717, 1.165) is 18.3 Å². The van der Waals surface area contributed by atoms with E-state index in [1.165, 1.54) is 12.8 Å². The average molecular weight is 147 g/mol. The van der Waals surface area contributed by atoms with Crippen molar-refractivity contribution in [1.29, 1.82) is 0 Å². The molecule has 0 saturated heterocycles. The Hall–Kier alpha value is 0.290. The van der Waals surface area contributed by atoms with Crippen LogP contribution in [0.15, 0.2) is 0 Å². The van der Waals surface area contributed by atoms with Crippen molar-refractivity contribution in [1.82, 2.24) is 0 Å². The SMILES string of the molecule is CCC(Cl)C1CC(C)C1. The number of hydrogen-bond acceptors (Lipinski definition) is 0. The Morgan fingerprint density at radius 3 is 2.44 bits per heavy atom. The highest BCUT2D eigenvalue weighted by Crippen LogP contribution is 2.38. The van der Waals surface area contributed by atoms with Crippen molar-refractivity contribution in [2.45, 2.75) is 38.5 Å². The molecule has 0 heterocycles. The van der Waals surface area contributed by atoms with Crippen molar-refractivity contribution in [2.24, 2.45) is 11.8 Å². The molecule has 1 atom stereocenters. The molecular formula is C8H15Cl. The maximum Gasteiger partial charge on any atom is 0.0361 e. The summed E-state index contributed by atoms with van der Waals surface area (Å²) in [5.41, 5.74) is 0. The Morgan fingerprint density at radius 1 is 1.56 bits per heavy atom. The van der Waals surface area contributed by atoms with Gasteiger partial charge in [0.15, 0.2) is 0 Å². The van der Waals surface area contributed by atoms with Crippen LogP contribution in [0.4, 0.5) is 0 Å². The lowest BCUT2D eigenvalue weighted by Crippen LogP contribution is -2.28. The van der Waals surface area contributed by atoms with E-state index in [1.54, 1.807) is 0 Å². The van der Waals surface area contributed by atoms with Gasteiger partial charge in [0.25, 0.3) is 0 Å². The van der Waals surface area contributed by atoms with Gasteiger partial charge in [0.05, 0.1) is 0 Å². The van der Waals surface area contributed by atoms with E-state index in [4.69, 9.17) is 11.6 Å². The lowest BCUT2D eigenvalue weighted by molar-refractivity contribution is 0.202. The number of rotatable bonds is 2. The molecule has 0 N–H and O–H groups in total. The van der Waals surface area contributed by atoms with Crippen LogP contribution >= 0.6 is 11.6 Å². The predicted octanol–water partition coefficient (Wildman–Crippen LogP) is 3.05. The van der Waals surface area contributed by atoms with Crippen LogP contribution < -0.4 is 0 Å². The Kier molecular flexibility index (Phi) is 2.40. The molecule has 0 bridgehead atoms. The summed E-state index contributed by atoms with van der Waals surface area (Å²) >= 11 is 6.03. The van der Waals surface area contributed by atoms with Gasteiger partial charge in [-0.25, -0.2) is 0 Å². The van der Waals surface area contributed by atoms with Gasteiger partial charge in [0, 0.05) is 5.38 Å². The van der Waals surface area contributed by atoms with Crippen LogP contribution in [0.5, 0.6) is 0 Å². The van der Waals surface area contributed by atoms with Crippen LogP contribution in [-0.4, -0.2) is 5.38 Å². The lowest BCUT2D eigenvalue weighted by atomic mass is 9.74. The molecule has 1 aliphatic carbocycles. The second-order valence-corrected chi connectivity index (χ2v) is 3.82. The third-order valence-corrected chi connectivity index (χ3v) is 2.98. The fourth-order valence-electron chi connectivity index (χ4n) is 1.59. The molecule has 1 aliphatic rings. The zero-order chi connectivity index (χ0) is 6.85. The summed E-state index contributed by atoms with van der Waals surface area (Å²) in [6.07, 6.45) is 3.86. The predicted molar refractivity (Wildman–Crippen MR) is 41.8 cm³/mol. The molecule has 0 aliphatic heterocycles. The Morgan fingerprint density at radius 2 is 2.11 bits per heavy atom. The minimum Gasteiger partial charge on any atom is -0.123 e. The molecule has 0 aromatic rings. The van der Waals surface area contributed by atoms with Crippen molar-refractivity contribution < 1.29 is 0 Å². The molecule has 0 nitrogen and oxygen atoms in total. The zero-order valence-corrected chi connectivity index (χ0v) is 6.99. The summed E-state index contributed by atoms with van der Waals surface area (Å²) < 4.78 is 0. The van der Waals surface area contributed by atoms with Crippen molar-refractivity contribution in [3.63, 3.8) is 0 Å². The third-order valence-electron chi connectivity index (χ3n) is 2.31. The first-order valence-corrected chi connectivity index (χ1v) is 4.31. The average Bonchev–Trinajstić information content (AvgIpc) is 1.79. The van der Waals surface area contributed by atoms with E-state index in [1.807, 2.05) is 0 Å². The lowest BCUT2D eigenvalue weighted by Gasteiger charge is -2.35. The van der Waals surface area contributed by atoms with Crippen LogP contribution in [0.1, 0.15) is 33.1 Å². The Balaban J connectivity index is 2.15. The third kappa shape index (κ3) is 1.61. The van der Waals surface area contributed by atoms with Gasteiger partial charge in [-0.2, -0.15) is 0 Å². The van der Waals surface area contributed by atoms with Crippen LogP contribution in [0.3, 0.4) is 0 Å². The first-order valence-electron chi connectivity index (χ1n) is 3.88. The normalized spacial score (nSPS) is 37.7. The number of alkyl halides is 1. The summed E-state index contributed by atoms with van der Waals surface area (Å²) in [5.74, 6) is 1.79. The van der Waals surface area contributed by atoms with E-state index in [9.17, 15) is 0 Å². The molecular weight excluding hydrogens is 132 g/mol. The molecule has 0 amide bonds. The Labute approximate surface area is 62.6 Å². The highest BCUT2D eigenvalue weighted by molar-refractivity contribution is 6.20. The van der Waals surface area contributed by atoms with Crippen LogP contribution in [-0.2, 0) is 0 Å². The molecule has 0 spiro atoms. The molecule has 1 rings (SSSR count). The molecule has 1 saturated carbocycles. The summed E-state index contributed by atoms with van der Waals surface area (Å²) in [6, 6.07) is 0. The van der Waals surface area contributed by atoms with Gasteiger partial charge in [0.2, 0.25) is 0 Å². The largest absolute Gasteiger partial charge is 0.123 e. The van der Waals surface area contributed by atoms with Gasteiger partial charge in [-0.15, -0.1) is 11.6 Å². The monoisotopic (exact) mass is 146 g/mol. The number of halogens is 1. The van der Waals surface area contributed by atoms with Gasteiger partial charge in [-0.3, -0.25) is 0 Å². The topological polar surface area (TPSA) is 0 Å². The molecule has 54 valence electrons. The number of hydrogen-bond donors (Lipinski definition) is 0. The smallest absolute Gasteiger partial charge is 0.0361 e. The second kappa shape index (κ2) is 2.92. The maximum absolute atomic E-state index is 6.03. The van der Waals surface area contributed by atoms with Gasteiger partial charge < -0.3 is 0 Å². The highest BCUT2D eigenvalue weighted by atomic mass is 35.5. The summed E-state index contributed by atoms with van der Waals surface area (Å²) in [7, 11) is 0. The molecule has 1 unspecified atom stereocenters. The van der Waals surface area contributed by atoms with Crippen molar-refractivity contribution in [3.05, 3.63) is 0 Å². The second-order valence-electron chi connectivity index (χ2n) is 3.26. The highest BCUT2D eigenvalue weighted by Gasteiger charge is 2.29. The van der Waals surface area contributed by atoms with E-state index in [0.29, 0.717) is 5.38 Å². The fourth-order valence-corrected chi connectivity index (χ4v) is 1.80. The first-order chi connectivity index (χ1) is 4.24. The van der Waals surface area contributed by atoms with Crippen molar-refractivity contribution in [3.8, 4) is 0 Å². The van der Waals surface area contributed by atoms with E-state index < -0.39 is 0 Å². The quantitative estimate of drug-likeness (QED) is 0.526. The maximum atomic E-state index is 6.03. The van der Waals surface area contributed by atoms with Crippen molar-refractivity contribution in [2.75, 3.05) is 0 Å².